The monoisotopic (exact) mass is 375 g/mol. The summed E-state index contributed by atoms with van der Waals surface area (Å²) < 4.78 is 0. The zero-order valence-electron chi connectivity index (χ0n) is 16.5. The number of hydrogen-bond donors (Lipinski definition) is 1. The molecule has 0 radical (unpaired) electrons. The van der Waals surface area contributed by atoms with Gasteiger partial charge in [-0.2, -0.15) is 11.8 Å². The van der Waals surface area contributed by atoms with Gasteiger partial charge in [-0.3, -0.25) is 4.90 Å². The van der Waals surface area contributed by atoms with Gasteiger partial charge in [0.1, 0.15) is 0 Å². The largest absolute Gasteiger partial charge is 0.324 e. The van der Waals surface area contributed by atoms with Crippen molar-refractivity contribution in [3.05, 3.63) is 29.3 Å². The number of carbonyl (C=O) groups is 1. The lowest BCUT2D eigenvalue weighted by molar-refractivity contribution is 0.118. The molecular weight excluding hydrogens is 342 g/mol. The molecule has 2 amide bonds. The van der Waals surface area contributed by atoms with Crippen molar-refractivity contribution in [2.75, 3.05) is 36.5 Å². The number of piperidine rings is 1. The Balaban J connectivity index is 1.49. The Morgan fingerprint density at radius 2 is 1.92 bits per heavy atom. The standard InChI is InChI=1S/C21H33N3OS/c1-4-26-15-20-6-5-11-24(20)19-9-12-23(13-10-19)21(25)22-18-8-7-16(2)17(3)14-18/h7-8,14,19-20H,4-6,9-13,15H2,1-3H3,(H,22,25)/t20-/m0/s1. The van der Waals surface area contributed by atoms with Crippen LogP contribution in [0.25, 0.3) is 0 Å². The maximum absolute atomic E-state index is 12.6. The zero-order valence-corrected chi connectivity index (χ0v) is 17.3. The van der Waals surface area contributed by atoms with Gasteiger partial charge in [-0.25, -0.2) is 4.79 Å². The normalized spacial score (nSPS) is 22.0. The number of carbonyl (C=O) groups excluding carboxylic acids is 1. The van der Waals surface area contributed by atoms with E-state index in [1.54, 1.807) is 0 Å². The molecule has 2 saturated heterocycles. The average molecular weight is 376 g/mol. The lowest BCUT2D eigenvalue weighted by Gasteiger charge is -2.39. The van der Waals surface area contributed by atoms with Crippen LogP contribution in [0.15, 0.2) is 18.2 Å². The molecule has 5 heteroatoms. The molecule has 1 aromatic carbocycles. The van der Waals surface area contributed by atoms with E-state index < -0.39 is 0 Å². The Morgan fingerprint density at radius 3 is 2.62 bits per heavy atom. The summed E-state index contributed by atoms with van der Waals surface area (Å²) in [5, 5.41) is 3.07. The summed E-state index contributed by atoms with van der Waals surface area (Å²) in [5.41, 5.74) is 3.37. The second-order valence-corrected chi connectivity index (χ2v) is 8.96. The van der Waals surface area contributed by atoms with Gasteiger partial charge in [0.25, 0.3) is 0 Å². The topological polar surface area (TPSA) is 35.6 Å². The molecule has 0 aliphatic carbocycles. The Hall–Kier alpha value is -1.20. The van der Waals surface area contributed by atoms with Crippen molar-refractivity contribution in [1.29, 1.82) is 0 Å². The highest BCUT2D eigenvalue weighted by molar-refractivity contribution is 7.99. The summed E-state index contributed by atoms with van der Waals surface area (Å²) in [4.78, 5) is 17.3. The molecule has 0 unspecified atom stereocenters. The molecule has 1 N–H and O–H groups in total. The van der Waals surface area contributed by atoms with Crippen molar-refractivity contribution in [2.24, 2.45) is 0 Å². The number of benzene rings is 1. The number of amides is 2. The Kier molecular flexibility index (Phi) is 6.87. The van der Waals surface area contributed by atoms with E-state index in [1.165, 1.54) is 42.0 Å². The van der Waals surface area contributed by atoms with E-state index in [4.69, 9.17) is 0 Å². The molecule has 2 heterocycles. The minimum atomic E-state index is 0.0474. The van der Waals surface area contributed by atoms with E-state index in [2.05, 4.69) is 54.9 Å². The van der Waals surface area contributed by atoms with Crippen LogP contribution in [-0.4, -0.2) is 59.1 Å². The molecule has 1 aromatic rings. The van der Waals surface area contributed by atoms with Crippen molar-refractivity contribution < 1.29 is 4.79 Å². The van der Waals surface area contributed by atoms with Crippen molar-refractivity contribution in [3.63, 3.8) is 0 Å². The highest BCUT2D eigenvalue weighted by Crippen LogP contribution is 2.28. The molecule has 2 fully saturated rings. The van der Waals surface area contributed by atoms with E-state index in [1.807, 2.05) is 11.0 Å². The summed E-state index contributed by atoms with van der Waals surface area (Å²) in [6, 6.07) is 7.57. The van der Waals surface area contributed by atoms with Gasteiger partial charge in [0.05, 0.1) is 0 Å². The fourth-order valence-corrected chi connectivity index (χ4v) is 5.06. The van der Waals surface area contributed by atoms with Crippen molar-refractivity contribution >= 4 is 23.5 Å². The van der Waals surface area contributed by atoms with Crippen molar-refractivity contribution in [1.82, 2.24) is 9.80 Å². The maximum atomic E-state index is 12.6. The molecule has 0 spiro atoms. The molecule has 0 saturated carbocycles. The molecule has 4 nitrogen and oxygen atoms in total. The third-order valence-corrected chi connectivity index (χ3v) is 6.94. The van der Waals surface area contributed by atoms with E-state index in [0.29, 0.717) is 6.04 Å². The Morgan fingerprint density at radius 1 is 1.15 bits per heavy atom. The number of thioether (sulfide) groups is 1. The number of anilines is 1. The molecule has 0 aromatic heterocycles. The molecule has 0 bridgehead atoms. The fraction of sp³-hybridized carbons (Fsp3) is 0.667. The molecule has 2 aliphatic rings. The molecule has 1 atom stereocenters. The highest BCUT2D eigenvalue weighted by Gasteiger charge is 2.33. The lowest BCUT2D eigenvalue weighted by atomic mass is 10.0. The highest BCUT2D eigenvalue weighted by atomic mass is 32.2. The van der Waals surface area contributed by atoms with Gasteiger partial charge in [-0.05, 0) is 75.1 Å². The first-order valence-electron chi connectivity index (χ1n) is 10.0. The Bertz CT molecular complexity index is 613. The smallest absolute Gasteiger partial charge is 0.321 e. The zero-order chi connectivity index (χ0) is 18.5. The number of rotatable bonds is 5. The number of urea groups is 1. The summed E-state index contributed by atoms with van der Waals surface area (Å²) in [7, 11) is 0. The summed E-state index contributed by atoms with van der Waals surface area (Å²) in [5.74, 6) is 2.48. The predicted molar refractivity (Wildman–Crippen MR) is 112 cm³/mol. The summed E-state index contributed by atoms with van der Waals surface area (Å²) >= 11 is 2.07. The lowest BCUT2D eigenvalue weighted by Crippen LogP contribution is -2.49. The first kappa shape index (κ1) is 19.6. The van der Waals surface area contributed by atoms with Gasteiger partial charge in [-0.15, -0.1) is 0 Å². The Labute approximate surface area is 162 Å². The van der Waals surface area contributed by atoms with Crippen LogP contribution in [0.4, 0.5) is 10.5 Å². The van der Waals surface area contributed by atoms with Gasteiger partial charge in [0.15, 0.2) is 0 Å². The second-order valence-electron chi connectivity index (χ2n) is 7.64. The molecular formula is C21H33N3OS. The molecule has 26 heavy (non-hydrogen) atoms. The fourth-order valence-electron chi connectivity index (χ4n) is 4.19. The molecule has 3 rings (SSSR count). The van der Waals surface area contributed by atoms with Crippen LogP contribution in [0.5, 0.6) is 0 Å². The van der Waals surface area contributed by atoms with E-state index in [0.717, 1.165) is 37.7 Å². The number of nitrogens with zero attached hydrogens (tertiary/aromatic N) is 2. The SMILES string of the molecule is CCSC[C@@H]1CCCN1C1CCN(C(=O)Nc2ccc(C)c(C)c2)CC1. The van der Waals surface area contributed by atoms with Crippen LogP contribution in [0.2, 0.25) is 0 Å². The van der Waals surface area contributed by atoms with Gasteiger partial charge in [0, 0.05) is 36.6 Å². The van der Waals surface area contributed by atoms with Crippen LogP contribution in [0.3, 0.4) is 0 Å². The number of hydrogen-bond acceptors (Lipinski definition) is 3. The van der Waals surface area contributed by atoms with Gasteiger partial charge in [0.2, 0.25) is 0 Å². The molecule has 144 valence electrons. The van der Waals surface area contributed by atoms with E-state index in [9.17, 15) is 4.79 Å². The summed E-state index contributed by atoms with van der Waals surface area (Å²) in [6.07, 6.45) is 4.89. The predicted octanol–water partition coefficient (Wildman–Crippen LogP) is 4.52. The molecule has 2 aliphatic heterocycles. The van der Waals surface area contributed by atoms with Crippen molar-refractivity contribution in [3.8, 4) is 0 Å². The van der Waals surface area contributed by atoms with Gasteiger partial charge < -0.3 is 10.2 Å². The minimum Gasteiger partial charge on any atom is -0.324 e. The third-order valence-electron chi connectivity index (χ3n) is 5.92. The van der Waals surface area contributed by atoms with Crippen LogP contribution in [0, 0.1) is 13.8 Å². The van der Waals surface area contributed by atoms with E-state index in [-0.39, 0.29) is 6.03 Å². The number of aryl methyl sites for hydroxylation is 2. The van der Waals surface area contributed by atoms with Crippen LogP contribution >= 0.6 is 11.8 Å². The number of nitrogens with one attached hydrogen (secondary N) is 1. The second kappa shape index (κ2) is 9.14. The quantitative estimate of drug-likeness (QED) is 0.822. The number of likely N-dealkylation sites (tertiary alicyclic amines) is 2. The maximum Gasteiger partial charge on any atom is 0.321 e. The van der Waals surface area contributed by atoms with Crippen LogP contribution < -0.4 is 5.32 Å². The van der Waals surface area contributed by atoms with Gasteiger partial charge in [-0.1, -0.05) is 13.0 Å². The summed E-state index contributed by atoms with van der Waals surface area (Å²) in [6.45, 7) is 9.40. The van der Waals surface area contributed by atoms with E-state index >= 15 is 0 Å². The first-order chi connectivity index (χ1) is 12.6. The van der Waals surface area contributed by atoms with Crippen LogP contribution in [0.1, 0.15) is 43.7 Å². The average Bonchev–Trinajstić information content (AvgIpc) is 3.11. The van der Waals surface area contributed by atoms with Crippen LogP contribution in [-0.2, 0) is 0 Å². The third kappa shape index (κ3) is 4.74. The first-order valence-corrected chi connectivity index (χ1v) is 11.2. The van der Waals surface area contributed by atoms with Crippen molar-refractivity contribution in [2.45, 2.75) is 58.5 Å². The van der Waals surface area contributed by atoms with Gasteiger partial charge >= 0.3 is 6.03 Å². The minimum absolute atomic E-state index is 0.0474.